The summed E-state index contributed by atoms with van der Waals surface area (Å²) >= 11 is 0. The van der Waals surface area contributed by atoms with Gasteiger partial charge in [-0.1, -0.05) is 20.8 Å². The molecule has 0 fully saturated rings. The first-order valence-corrected chi connectivity index (χ1v) is 5.14. The maximum atomic E-state index is 11.9. The fraction of sp³-hybridized carbons (Fsp3) is 0.636. The second kappa shape index (κ2) is 4.25. The lowest BCUT2D eigenvalue weighted by molar-refractivity contribution is -0.0763. The van der Waals surface area contributed by atoms with E-state index in [2.05, 4.69) is 25.9 Å². The van der Waals surface area contributed by atoms with E-state index in [1.807, 2.05) is 0 Å². The van der Waals surface area contributed by atoms with E-state index < -0.39 is 0 Å². The highest BCUT2D eigenvalue weighted by atomic mass is 16.7. The Hall–Kier alpha value is -1.36. The van der Waals surface area contributed by atoms with Crippen molar-refractivity contribution < 1.29 is 9.63 Å². The van der Waals surface area contributed by atoms with Crippen LogP contribution in [0.2, 0.25) is 0 Å². The molecule has 0 bridgehead atoms. The topological polar surface area (TPSA) is 47.4 Å². The fourth-order valence-electron chi connectivity index (χ4n) is 1.28. The van der Waals surface area contributed by atoms with E-state index in [0.717, 1.165) is 5.69 Å². The van der Waals surface area contributed by atoms with Crippen LogP contribution in [-0.2, 0) is 17.3 Å². The average Bonchev–Trinajstić information content (AvgIpc) is 2.57. The molecule has 0 N–H and O–H groups in total. The summed E-state index contributed by atoms with van der Waals surface area (Å²) < 4.78 is 1.58. The Bertz CT molecular complexity index is 390. The van der Waals surface area contributed by atoms with Gasteiger partial charge >= 0.3 is 0 Å². The number of rotatable bonds is 2. The highest BCUT2D eigenvalue weighted by Crippen LogP contribution is 2.21. The van der Waals surface area contributed by atoms with Crippen molar-refractivity contribution in [3.8, 4) is 0 Å². The van der Waals surface area contributed by atoms with E-state index >= 15 is 0 Å². The number of hydroxylamine groups is 2. The molecule has 0 atom stereocenters. The molecule has 0 aliphatic heterocycles. The number of hydrogen-bond donors (Lipinski definition) is 0. The van der Waals surface area contributed by atoms with Crippen LogP contribution in [0.1, 0.15) is 37.0 Å². The molecule has 1 heterocycles. The van der Waals surface area contributed by atoms with Crippen LogP contribution in [-0.4, -0.2) is 34.9 Å². The first-order chi connectivity index (χ1) is 7.27. The molecule has 0 aliphatic rings. The summed E-state index contributed by atoms with van der Waals surface area (Å²) in [5, 5.41) is 5.52. The highest BCUT2D eigenvalue weighted by molar-refractivity contribution is 5.91. The van der Waals surface area contributed by atoms with Crippen LogP contribution < -0.4 is 0 Å². The maximum absolute atomic E-state index is 11.9. The van der Waals surface area contributed by atoms with E-state index in [4.69, 9.17) is 4.84 Å². The summed E-state index contributed by atoms with van der Waals surface area (Å²) in [7, 11) is 4.79. The normalized spacial score (nSPS) is 11.6. The molecular formula is C11H19N3O2. The zero-order valence-electron chi connectivity index (χ0n) is 10.7. The highest BCUT2D eigenvalue weighted by Gasteiger charge is 2.23. The number of aromatic nitrogens is 2. The molecule has 5 heteroatoms. The fourth-order valence-corrected chi connectivity index (χ4v) is 1.28. The van der Waals surface area contributed by atoms with Gasteiger partial charge in [-0.2, -0.15) is 5.10 Å². The monoisotopic (exact) mass is 225 g/mol. The van der Waals surface area contributed by atoms with Crippen molar-refractivity contribution in [3.63, 3.8) is 0 Å². The Morgan fingerprint density at radius 3 is 2.44 bits per heavy atom. The average molecular weight is 225 g/mol. The van der Waals surface area contributed by atoms with Crippen molar-refractivity contribution in [1.29, 1.82) is 0 Å². The Morgan fingerprint density at radius 1 is 1.50 bits per heavy atom. The Kier molecular flexibility index (Phi) is 3.38. The molecule has 0 saturated carbocycles. The molecule has 1 aromatic rings. The van der Waals surface area contributed by atoms with Crippen LogP contribution in [0.15, 0.2) is 6.07 Å². The minimum Gasteiger partial charge on any atom is -0.274 e. The lowest BCUT2D eigenvalue weighted by Gasteiger charge is -2.14. The molecule has 90 valence electrons. The number of carbonyl (C=O) groups excluding carboxylic acids is 1. The molecule has 1 amide bonds. The van der Waals surface area contributed by atoms with E-state index in [9.17, 15) is 4.79 Å². The minimum absolute atomic E-state index is 0.0675. The van der Waals surface area contributed by atoms with Gasteiger partial charge in [0.1, 0.15) is 5.69 Å². The van der Waals surface area contributed by atoms with Gasteiger partial charge < -0.3 is 0 Å². The molecule has 0 aromatic carbocycles. The first kappa shape index (κ1) is 12.7. The molecule has 0 saturated heterocycles. The van der Waals surface area contributed by atoms with Crippen molar-refractivity contribution in [2.45, 2.75) is 26.2 Å². The first-order valence-electron chi connectivity index (χ1n) is 5.14. The summed E-state index contributed by atoms with van der Waals surface area (Å²) in [5.41, 5.74) is 1.35. The number of amides is 1. The summed E-state index contributed by atoms with van der Waals surface area (Å²) in [5.74, 6) is -0.201. The van der Waals surface area contributed by atoms with Crippen molar-refractivity contribution >= 4 is 5.91 Å². The van der Waals surface area contributed by atoms with Crippen molar-refractivity contribution in [3.05, 3.63) is 17.5 Å². The number of carbonyl (C=O) groups is 1. The molecule has 1 aromatic heterocycles. The molecular weight excluding hydrogens is 206 g/mol. The standard InChI is InChI=1S/C11H19N3O2/c1-11(2,3)9-7-8(13(4)12-9)10(15)14(5)16-6/h7H,1-6H3. The lowest BCUT2D eigenvalue weighted by atomic mass is 9.92. The van der Waals surface area contributed by atoms with Gasteiger partial charge in [0.2, 0.25) is 0 Å². The van der Waals surface area contributed by atoms with Gasteiger partial charge in [0.25, 0.3) is 5.91 Å². The van der Waals surface area contributed by atoms with Crippen LogP contribution in [0.3, 0.4) is 0 Å². The van der Waals surface area contributed by atoms with Gasteiger partial charge in [-0.15, -0.1) is 0 Å². The molecule has 16 heavy (non-hydrogen) atoms. The van der Waals surface area contributed by atoms with Gasteiger partial charge in [0, 0.05) is 19.5 Å². The third kappa shape index (κ3) is 2.41. The SMILES string of the molecule is CON(C)C(=O)c1cc(C(C)(C)C)nn1C. The van der Waals surface area contributed by atoms with Gasteiger partial charge in [-0.3, -0.25) is 14.3 Å². The van der Waals surface area contributed by atoms with Crippen LogP contribution in [0.5, 0.6) is 0 Å². The second-order valence-electron chi connectivity index (χ2n) is 4.77. The van der Waals surface area contributed by atoms with Crippen LogP contribution in [0.25, 0.3) is 0 Å². The third-order valence-corrected chi connectivity index (χ3v) is 2.43. The maximum Gasteiger partial charge on any atom is 0.295 e. The van der Waals surface area contributed by atoms with Gasteiger partial charge in [-0.05, 0) is 6.07 Å². The predicted octanol–water partition coefficient (Wildman–Crippen LogP) is 1.35. The quantitative estimate of drug-likeness (QED) is 0.714. The molecule has 0 unspecified atom stereocenters. The van der Waals surface area contributed by atoms with Crippen LogP contribution in [0, 0.1) is 0 Å². The molecule has 1 rings (SSSR count). The zero-order chi connectivity index (χ0) is 12.5. The smallest absolute Gasteiger partial charge is 0.274 e. The minimum atomic E-state index is -0.201. The van der Waals surface area contributed by atoms with Gasteiger partial charge in [-0.25, -0.2) is 5.06 Å². The molecule has 0 spiro atoms. The van der Waals surface area contributed by atoms with Gasteiger partial charge in [0.05, 0.1) is 12.8 Å². The van der Waals surface area contributed by atoms with Crippen LogP contribution >= 0.6 is 0 Å². The number of hydrogen-bond acceptors (Lipinski definition) is 3. The Balaban J connectivity index is 3.08. The number of nitrogens with zero attached hydrogens (tertiary/aromatic N) is 3. The summed E-state index contributed by atoms with van der Waals surface area (Å²) in [6.45, 7) is 6.18. The van der Waals surface area contributed by atoms with E-state index in [1.165, 1.54) is 12.2 Å². The van der Waals surface area contributed by atoms with Crippen molar-refractivity contribution in [1.82, 2.24) is 14.8 Å². The van der Waals surface area contributed by atoms with E-state index in [-0.39, 0.29) is 11.3 Å². The Labute approximate surface area is 95.9 Å². The lowest BCUT2D eigenvalue weighted by Crippen LogP contribution is -2.27. The molecule has 0 radical (unpaired) electrons. The third-order valence-electron chi connectivity index (χ3n) is 2.43. The summed E-state index contributed by atoms with van der Waals surface area (Å²) in [6, 6.07) is 1.80. The summed E-state index contributed by atoms with van der Waals surface area (Å²) in [4.78, 5) is 16.7. The van der Waals surface area contributed by atoms with E-state index in [1.54, 1.807) is 24.8 Å². The van der Waals surface area contributed by atoms with E-state index in [0.29, 0.717) is 5.69 Å². The molecule has 0 aliphatic carbocycles. The predicted molar refractivity (Wildman–Crippen MR) is 61.0 cm³/mol. The Morgan fingerprint density at radius 2 is 2.06 bits per heavy atom. The summed E-state index contributed by atoms with van der Waals surface area (Å²) in [6.07, 6.45) is 0. The largest absolute Gasteiger partial charge is 0.295 e. The van der Waals surface area contributed by atoms with Gasteiger partial charge in [0.15, 0.2) is 0 Å². The van der Waals surface area contributed by atoms with Crippen molar-refractivity contribution in [2.75, 3.05) is 14.2 Å². The second-order valence-corrected chi connectivity index (χ2v) is 4.77. The molecule has 5 nitrogen and oxygen atoms in total. The van der Waals surface area contributed by atoms with Crippen LogP contribution in [0.4, 0.5) is 0 Å². The van der Waals surface area contributed by atoms with Crippen molar-refractivity contribution in [2.24, 2.45) is 7.05 Å². The zero-order valence-corrected chi connectivity index (χ0v) is 10.7. The number of aryl methyl sites for hydroxylation is 1.